The monoisotopic (exact) mass is 346 g/mol. The van der Waals surface area contributed by atoms with Crippen LogP contribution in [0.5, 0.6) is 0 Å². The van der Waals surface area contributed by atoms with E-state index in [0.717, 1.165) is 22.0 Å². The number of nitrogens with zero attached hydrogens (tertiary/aromatic N) is 2. The second kappa shape index (κ2) is 8.56. The van der Waals surface area contributed by atoms with E-state index >= 15 is 0 Å². The number of hydrogen-bond acceptors (Lipinski definition) is 5. The third kappa shape index (κ3) is 5.75. The third-order valence-corrected chi connectivity index (χ3v) is 4.27. The Hall–Kier alpha value is -2.25. The maximum absolute atomic E-state index is 12.1. The van der Waals surface area contributed by atoms with Crippen molar-refractivity contribution in [3.05, 3.63) is 45.9 Å². The van der Waals surface area contributed by atoms with Gasteiger partial charge in [0.05, 0.1) is 18.7 Å². The summed E-state index contributed by atoms with van der Waals surface area (Å²) < 4.78 is 0. The predicted octanol–water partition coefficient (Wildman–Crippen LogP) is 1.81. The summed E-state index contributed by atoms with van der Waals surface area (Å²) in [6.07, 6.45) is 0.248. The lowest BCUT2D eigenvalue weighted by Crippen LogP contribution is -2.32. The summed E-state index contributed by atoms with van der Waals surface area (Å²) in [5, 5.41) is 8.15. The van der Waals surface area contributed by atoms with Gasteiger partial charge in [0.25, 0.3) is 0 Å². The number of carbonyl (C=O) groups is 2. The minimum absolute atomic E-state index is 0.0366. The molecule has 2 N–H and O–H groups in total. The van der Waals surface area contributed by atoms with E-state index in [2.05, 4.69) is 15.6 Å². The smallest absolute Gasteiger partial charge is 0.233 e. The van der Waals surface area contributed by atoms with E-state index in [1.807, 2.05) is 48.5 Å². The number of thiazole rings is 1. The van der Waals surface area contributed by atoms with Gasteiger partial charge in [-0.25, -0.2) is 4.98 Å². The van der Waals surface area contributed by atoms with Crippen LogP contribution in [0.15, 0.2) is 29.6 Å². The van der Waals surface area contributed by atoms with E-state index in [9.17, 15) is 9.59 Å². The van der Waals surface area contributed by atoms with Gasteiger partial charge in [-0.05, 0) is 26.1 Å². The molecule has 0 spiro atoms. The molecule has 0 aliphatic heterocycles. The summed E-state index contributed by atoms with van der Waals surface area (Å²) in [7, 11) is 3.47. The van der Waals surface area contributed by atoms with E-state index in [1.165, 1.54) is 11.3 Å². The van der Waals surface area contributed by atoms with Gasteiger partial charge in [0, 0.05) is 24.7 Å². The molecule has 0 radical (unpaired) electrons. The Morgan fingerprint density at radius 1 is 1.21 bits per heavy atom. The average molecular weight is 346 g/mol. The van der Waals surface area contributed by atoms with E-state index in [1.54, 1.807) is 7.05 Å². The van der Waals surface area contributed by atoms with Crippen molar-refractivity contribution < 1.29 is 9.59 Å². The number of aryl methyl sites for hydroxylation is 1. The van der Waals surface area contributed by atoms with Crippen molar-refractivity contribution >= 4 is 28.8 Å². The van der Waals surface area contributed by atoms with E-state index in [-0.39, 0.29) is 18.2 Å². The van der Waals surface area contributed by atoms with Crippen molar-refractivity contribution in [3.63, 3.8) is 0 Å². The summed E-state index contributed by atoms with van der Waals surface area (Å²) in [5.74, 6) is -0.121. The largest absolute Gasteiger partial charge is 0.358 e. The third-order valence-electron chi connectivity index (χ3n) is 3.37. The van der Waals surface area contributed by atoms with Crippen molar-refractivity contribution in [2.75, 3.05) is 26.0 Å². The van der Waals surface area contributed by atoms with Gasteiger partial charge in [-0.3, -0.25) is 14.5 Å². The molecular formula is C17H22N4O2S. The highest BCUT2D eigenvalue weighted by Crippen LogP contribution is 2.14. The Bertz CT molecular complexity index is 697. The number of aromatic nitrogens is 1. The lowest BCUT2D eigenvalue weighted by Gasteiger charge is -2.13. The second-order valence-corrected chi connectivity index (χ2v) is 6.61. The average Bonchev–Trinajstić information content (AvgIpc) is 2.96. The molecule has 0 aliphatic carbocycles. The van der Waals surface area contributed by atoms with Gasteiger partial charge in [0.15, 0.2) is 0 Å². The fourth-order valence-corrected chi connectivity index (χ4v) is 2.92. The standard InChI is InChI=1S/C17H22N4O2S/c1-12-4-6-13(7-5-12)19-15(22)8-17-20-14(11-24-17)9-21(3)10-16(23)18-2/h4-7,11H,8-10H2,1-3H3,(H,18,23)(H,19,22). The van der Waals surface area contributed by atoms with Gasteiger partial charge in [-0.15, -0.1) is 11.3 Å². The van der Waals surface area contributed by atoms with Crippen LogP contribution in [0.2, 0.25) is 0 Å². The van der Waals surface area contributed by atoms with Crippen LogP contribution in [-0.4, -0.2) is 42.3 Å². The van der Waals surface area contributed by atoms with E-state index in [0.29, 0.717) is 13.1 Å². The Morgan fingerprint density at radius 3 is 2.58 bits per heavy atom. The van der Waals surface area contributed by atoms with Crippen LogP contribution >= 0.6 is 11.3 Å². The molecule has 1 aromatic heterocycles. The molecule has 0 fully saturated rings. The lowest BCUT2D eigenvalue weighted by atomic mass is 10.2. The van der Waals surface area contributed by atoms with Gasteiger partial charge in [-0.1, -0.05) is 17.7 Å². The van der Waals surface area contributed by atoms with E-state index < -0.39 is 0 Å². The van der Waals surface area contributed by atoms with E-state index in [4.69, 9.17) is 0 Å². The molecule has 0 saturated heterocycles. The van der Waals surface area contributed by atoms with Crippen molar-refractivity contribution in [1.82, 2.24) is 15.2 Å². The molecular weight excluding hydrogens is 324 g/mol. The number of rotatable bonds is 7. The van der Waals surface area contributed by atoms with Crippen LogP contribution < -0.4 is 10.6 Å². The van der Waals surface area contributed by atoms with Crippen LogP contribution in [0.4, 0.5) is 5.69 Å². The van der Waals surface area contributed by atoms with Gasteiger partial charge >= 0.3 is 0 Å². The summed E-state index contributed by atoms with van der Waals surface area (Å²) >= 11 is 1.46. The highest BCUT2D eigenvalue weighted by molar-refractivity contribution is 7.09. The first kappa shape index (κ1) is 18.1. The molecule has 0 bridgehead atoms. The van der Waals surface area contributed by atoms with Crippen molar-refractivity contribution in [2.24, 2.45) is 0 Å². The second-order valence-electron chi connectivity index (χ2n) is 5.67. The summed E-state index contributed by atoms with van der Waals surface area (Å²) in [6.45, 7) is 2.89. The van der Waals surface area contributed by atoms with Gasteiger partial charge in [0.2, 0.25) is 11.8 Å². The van der Waals surface area contributed by atoms with Crippen LogP contribution in [0.3, 0.4) is 0 Å². The molecule has 0 atom stereocenters. The molecule has 1 aromatic carbocycles. The van der Waals surface area contributed by atoms with Crippen molar-refractivity contribution in [2.45, 2.75) is 19.9 Å². The number of anilines is 1. The SMILES string of the molecule is CNC(=O)CN(C)Cc1csc(CC(=O)Nc2ccc(C)cc2)n1. The number of amides is 2. The van der Waals surface area contributed by atoms with Crippen LogP contribution in [0.25, 0.3) is 0 Å². The molecule has 0 saturated carbocycles. The van der Waals surface area contributed by atoms with Crippen LogP contribution in [0, 0.1) is 6.92 Å². The van der Waals surface area contributed by atoms with Crippen molar-refractivity contribution in [3.8, 4) is 0 Å². The molecule has 2 aromatic rings. The zero-order valence-electron chi connectivity index (χ0n) is 14.1. The molecule has 0 aliphatic rings. The van der Waals surface area contributed by atoms with Crippen molar-refractivity contribution in [1.29, 1.82) is 0 Å². The normalized spacial score (nSPS) is 10.7. The molecule has 24 heavy (non-hydrogen) atoms. The fraction of sp³-hybridized carbons (Fsp3) is 0.353. The van der Waals surface area contributed by atoms with Gasteiger partial charge in [-0.2, -0.15) is 0 Å². The number of likely N-dealkylation sites (N-methyl/N-ethyl adjacent to an activating group) is 2. The van der Waals surface area contributed by atoms with Crippen LogP contribution in [0.1, 0.15) is 16.3 Å². The summed E-state index contributed by atoms with van der Waals surface area (Å²) in [4.78, 5) is 29.8. The predicted molar refractivity (Wildman–Crippen MR) is 96.0 cm³/mol. The molecule has 6 nitrogen and oxygen atoms in total. The maximum Gasteiger partial charge on any atom is 0.233 e. The zero-order chi connectivity index (χ0) is 17.5. The highest BCUT2D eigenvalue weighted by Gasteiger charge is 2.11. The van der Waals surface area contributed by atoms with Gasteiger partial charge in [0.1, 0.15) is 5.01 Å². The molecule has 2 amide bonds. The van der Waals surface area contributed by atoms with Gasteiger partial charge < -0.3 is 10.6 Å². The Balaban J connectivity index is 1.85. The Labute approximate surface area is 145 Å². The molecule has 1 heterocycles. The highest BCUT2D eigenvalue weighted by atomic mass is 32.1. The molecule has 0 unspecified atom stereocenters. The first-order valence-electron chi connectivity index (χ1n) is 7.65. The fourth-order valence-electron chi connectivity index (χ4n) is 2.14. The molecule has 128 valence electrons. The first-order chi connectivity index (χ1) is 11.5. The quantitative estimate of drug-likeness (QED) is 0.802. The zero-order valence-corrected chi connectivity index (χ0v) is 14.9. The van der Waals surface area contributed by atoms with Crippen LogP contribution in [-0.2, 0) is 22.6 Å². The first-order valence-corrected chi connectivity index (χ1v) is 8.53. The summed E-state index contributed by atoms with van der Waals surface area (Å²) in [6, 6.07) is 7.68. The molecule has 2 rings (SSSR count). The topological polar surface area (TPSA) is 74.3 Å². The minimum Gasteiger partial charge on any atom is -0.358 e. The lowest BCUT2D eigenvalue weighted by molar-refractivity contribution is -0.121. The number of nitrogens with one attached hydrogen (secondary N) is 2. The maximum atomic E-state index is 12.1. The molecule has 7 heteroatoms. The summed E-state index contributed by atoms with van der Waals surface area (Å²) in [5.41, 5.74) is 2.80. The Morgan fingerprint density at radius 2 is 1.92 bits per heavy atom. The number of benzene rings is 1. The number of hydrogen-bond donors (Lipinski definition) is 2. The minimum atomic E-state index is -0.0848. The number of carbonyl (C=O) groups excluding carboxylic acids is 2. The Kier molecular flexibility index (Phi) is 6.45.